The highest BCUT2D eigenvalue weighted by atomic mass is 35.5. The van der Waals surface area contributed by atoms with Gasteiger partial charge in [-0.1, -0.05) is 23.7 Å². The fourth-order valence-corrected chi connectivity index (χ4v) is 2.35. The molecule has 106 valence electrons. The number of aryl methyl sites for hydroxylation is 1. The minimum absolute atomic E-state index is 0.164. The summed E-state index contributed by atoms with van der Waals surface area (Å²) in [4.78, 5) is 0. The van der Waals surface area contributed by atoms with Crippen LogP contribution in [0.5, 0.6) is 0 Å². The van der Waals surface area contributed by atoms with E-state index in [-0.39, 0.29) is 11.4 Å². The van der Waals surface area contributed by atoms with E-state index in [0.717, 1.165) is 6.07 Å². The van der Waals surface area contributed by atoms with Gasteiger partial charge in [-0.25, -0.2) is 8.78 Å². The van der Waals surface area contributed by atoms with E-state index in [4.69, 9.17) is 11.6 Å². The van der Waals surface area contributed by atoms with Crippen molar-refractivity contribution in [3.8, 4) is 17.1 Å². The van der Waals surface area contributed by atoms with E-state index in [0.29, 0.717) is 16.5 Å². The van der Waals surface area contributed by atoms with Gasteiger partial charge in [-0.2, -0.15) is 0 Å². The van der Waals surface area contributed by atoms with Gasteiger partial charge in [0, 0.05) is 6.07 Å². The number of rotatable bonds is 2. The minimum Gasteiger partial charge on any atom is -0.278 e. The standard InChI is InChI=1S/C15H10ClF2N3/c1-9-19-20-15(11-7-6-10(17)8-13(11)18)21(9)14-5-3-2-4-12(14)16/h2-8H,1H3. The number of para-hydroxylation sites is 1. The van der Waals surface area contributed by atoms with Gasteiger partial charge in [0.2, 0.25) is 0 Å². The number of nitrogens with zero attached hydrogens (tertiary/aromatic N) is 3. The Kier molecular flexibility index (Phi) is 3.43. The average Bonchev–Trinajstić information content (AvgIpc) is 2.81. The molecule has 21 heavy (non-hydrogen) atoms. The van der Waals surface area contributed by atoms with Gasteiger partial charge >= 0.3 is 0 Å². The van der Waals surface area contributed by atoms with Crippen LogP contribution in [0.25, 0.3) is 17.1 Å². The molecule has 3 aromatic rings. The van der Waals surface area contributed by atoms with Crippen molar-refractivity contribution >= 4 is 11.6 Å². The monoisotopic (exact) mass is 305 g/mol. The Balaban J connectivity index is 2.25. The molecule has 0 aliphatic heterocycles. The number of benzene rings is 2. The van der Waals surface area contributed by atoms with Crippen molar-refractivity contribution in [3.63, 3.8) is 0 Å². The highest BCUT2D eigenvalue weighted by molar-refractivity contribution is 6.32. The molecule has 2 aromatic carbocycles. The van der Waals surface area contributed by atoms with Gasteiger partial charge in [0.25, 0.3) is 0 Å². The summed E-state index contributed by atoms with van der Waals surface area (Å²) < 4.78 is 28.7. The molecular formula is C15H10ClF2N3. The third kappa shape index (κ3) is 2.40. The van der Waals surface area contributed by atoms with Crippen LogP contribution in [-0.2, 0) is 0 Å². The maximum atomic E-state index is 14.0. The Morgan fingerprint density at radius 3 is 2.52 bits per heavy atom. The molecule has 0 saturated carbocycles. The van der Waals surface area contributed by atoms with Crippen molar-refractivity contribution in [2.75, 3.05) is 0 Å². The van der Waals surface area contributed by atoms with E-state index in [2.05, 4.69) is 10.2 Å². The average molecular weight is 306 g/mol. The third-order valence-electron chi connectivity index (χ3n) is 3.09. The van der Waals surface area contributed by atoms with Crippen LogP contribution in [0.3, 0.4) is 0 Å². The molecule has 0 unspecified atom stereocenters. The zero-order valence-electron chi connectivity index (χ0n) is 11.0. The number of hydrogen-bond acceptors (Lipinski definition) is 2. The fourth-order valence-electron chi connectivity index (χ4n) is 2.13. The molecule has 0 saturated heterocycles. The van der Waals surface area contributed by atoms with Crippen molar-refractivity contribution in [2.24, 2.45) is 0 Å². The Labute approximate surface area is 124 Å². The van der Waals surface area contributed by atoms with Crippen molar-refractivity contribution in [1.82, 2.24) is 14.8 Å². The lowest BCUT2D eigenvalue weighted by Gasteiger charge is -2.11. The topological polar surface area (TPSA) is 30.7 Å². The summed E-state index contributed by atoms with van der Waals surface area (Å²) in [6, 6.07) is 10.4. The molecule has 0 radical (unpaired) electrons. The predicted octanol–water partition coefficient (Wildman–Crippen LogP) is 4.17. The molecule has 0 bridgehead atoms. The first-order chi connectivity index (χ1) is 10.1. The van der Waals surface area contributed by atoms with Crippen LogP contribution in [0.15, 0.2) is 42.5 Å². The molecular weight excluding hydrogens is 296 g/mol. The van der Waals surface area contributed by atoms with Gasteiger partial charge in [0.1, 0.15) is 17.5 Å². The van der Waals surface area contributed by atoms with Crippen LogP contribution < -0.4 is 0 Å². The summed E-state index contributed by atoms with van der Waals surface area (Å²) in [5, 5.41) is 8.44. The maximum absolute atomic E-state index is 14.0. The van der Waals surface area contributed by atoms with Crippen LogP contribution in [-0.4, -0.2) is 14.8 Å². The lowest BCUT2D eigenvalue weighted by Crippen LogP contribution is -2.02. The molecule has 3 rings (SSSR count). The van der Waals surface area contributed by atoms with Gasteiger partial charge in [-0.05, 0) is 31.2 Å². The quantitative estimate of drug-likeness (QED) is 0.711. The van der Waals surface area contributed by atoms with E-state index in [1.165, 1.54) is 12.1 Å². The zero-order chi connectivity index (χ0) is 15.0. The summed E-state index contributed by atoms with van der Waals surface area (Å²) >= 11 is 6.18. The van der Waals surface area contributed by atoms with E-state index < -0.39 is 11.6 Å². The largest absolute Gasteiger partial charge is 0.278 e. The van der Waals surface area contributed by atoms with Crippen molar-refractivity contribution in [3.05, 3.63) is 64.9 Å². The molecule has 0 spiro atoms. The first-order valence-corrected chi connectivity index (χ1v) is 6.58. The summed E-state index contributed by atoms with van der Waals surface area (Å²) in [6.07, 6.45) is 0. The van der Waals surface area contributed by atoms with E-state index >= 15 is 0 Å². The van der Waals surface area contributed by atoms with Crippen LogP contribution in [0.2, 0.25) is 5.02 Å². The van der Waals surface area contributed by atoms with E-state index in [1.54, 1.807) is 29.7 Å². The predicted molar refractivity (Wildman–Crippen MR) is 76.5 cm³/mol. The zero-order valence-corrected chi connectivity index (χ0v) is 11.8. The van der Waals surface area contributed by atoms with E-state index in [9.17, 15) is 8.78 Å². The second-order valence-electron chi connectivity index (χ2n) is 4.48. The van der Waals surface area contributed by atoms with Crippen molar-refractivity contribution < 1.29 is 8.78 Å². The maximum Gasteiger partial charge on any atom is 0.171 e. The first-order valence-electron chi connectivity index (χ1n) is 6.20. The summed E-state index contributed by atoms with van der Waals surface area (Å²) in [6.45, 7) is 1.74. The van der Waals surface area contributed by atoms with Crippen LogP contribution in [0, 0.1) is 18.6 Å². The fraction of sp³-hybridized carbons (Fsp3) is 0.0667. The molecule has 6 heteroatoms. The van der Waals surface area contributed by atoms with Gasteiger partial charge in [-0.15, -0.1) is 10.2 Å². The second-order valence-corrected chi connectivity index (χ2v) is 4.89. The first kappa shape index (κ1) is 13.7. The van der Waals surface area contributed by atoms with Crippen LogP contribution in [0.4, 0.5) is 8.78 Å². The molecule has 0 atom stereocenters. The lowest BCUT2D eigenvalue weighted by molar-refractivity contribution is 0.584. The van der Waals surface area contributed by atoms with Crippen molar-refractivity contribution in [2.45, 2.75) is 6.92 Å². The third-order valence-corrected chi connectivity index (χ3v) is 3.41. The molecule has 0 fully saturated rings. The van der Waals surface area contributed by atoms with Gasteiger partial charge in [0.15, 0.2) is 5.82 Å². The van der Waals surface area contributed by atoms with E-state index in [1.807, 2.05) is 6.07 Å². The Morgan fingerprint density at radius 2 is 1.81 bits per heavy atom. The van der Waals surface area contributed by atoms with Gasteiger partial charge < -0.3 is 0 Å². The molecule has 0 aliphatic rings. The molecule has 3 nitrogen and oxygen atoms in total. The lowest BCUT2D eigenvalue weighted by atomic mass is 10.2. The normalized spacial score (nSPS) is 10.9. The number of aromatic nitrogens is 3. The Hall–Kier alpha value is -2.27. The molecule has 0 N–H and O–H groups in total. The molecule has 1 heterocycles. The summed E-state index contributed by atoms with van der Waals surface area (Å²) in [5.74, 6) is -0.507. The highest BCUT2D eigenvalue weighted by Crippen LogP contribution is 2.28. The second kappa shape index (κ2) is 5.26. The minimum atomic E-state index is -0.698. The molecule has 0 aliphatic carbocycles. The molecule has 1 aromatic heterocycles. The van der Waals surface area contributed by atoms with Gasteiger partial charge in [0.05, 0.1) is 16.3 Å². The highest BCUT2D eigenvalue weighted by Gasteiger charge is 2.18. The van der Waals surface area contributed by atoms with Crippen molar-refractivity contribution in [1.29, 1.82) is 0 Å². The summed E-state index contributed by atoms with van der Waals surface area (Å²) in [7, 11) is 0. The smallest absolute Gasteiger partial charge is 0.171 e. The Bertz CT molecular complexity index is 814. The number of hydrogen-bond donors (Lipinski definition) is 0. The van der Waals surface area contributed by atoms with Gasteiger partial charge in [-0.3, -0.25) is 4.57 Å². The Morgan fingerprint density at radius 1 is 1.05 bits per heavy atom. The SMILES string of the molecule is Cc1nnc(-c2ccc(F)cc2F)n1-c1ccccc1Cl. The summed E-state index contributed by atoms with van der Waals surface area (Å²) in [5.41, 5.74) is 0.803. The number of halogens is 3. The van der Waals surface area contributed by atoms with Crippen LogP contribution >= 0.6 is 11.6 Å². The molecule has 0 amide bonds. The van der Waals surface area contributed by atoms with Crippen LogP contribution in [0.1, 0.15) is 5.82 Å².